The number of nitrogens with one attached hydrogen (secondary N) is 1. The lowest BCUT2D eigenvalue weighted by molar-refractivity contribution is 0.246. The quantitative estimate of drug-likeness (QED) is 0.377. The summed E-state index contributed by atoms with van der Waals surface area (Å²) in [5.41, 5.74) is 3.77. The maximum Gasteiger partial charge on any atom is 0.251 e. The van der Waals surface area contributed by atoms with Crippen molar-refractivity contribution in [3.05, 3.63) is 87.4 Å². The molecule has 166 valence electrons. The number of halogens is 2. The number of hydrogen-bond acceptors (Lipinski definition) is 5. The highest BCUT2D eigenvalue weighted by Crippen LogP contribution is 2.29. The van der Waals surface area contributed by atoms with E-state index in [0.29, 0.717) is 21.2 Å². The third kappa shape index (κ3) is 3.98. The van der Waals surface area contributed by atoms with Crippen LogP contribution in [0.2, 0.25) is 0 Å². The van der Waals surface area contributed by atoms with Crippen molar-refractivity contribution in [1.29, 1.82) is 0 Å². The van der Waals surface area contributed by atoms with Gasteiger partial charge in [0.25, 0.3) is 5.56 Å². The smallest absolute Gasteiger partial charge is 0.251 e. The maximum atomic E-state index is 13.9. The first-order chi connectivity index (χ1) is 15.9. The van der Waals surface area contributed by atoms with Crippen molar-refractivity contribution in [2.45, 2.75) is 6.04 Å². The Morgan fingerprint density at radius 2 is 2.00 bits per heavy atom. The molecule has 0 unspecified atom stereocenters. The van der Waals surface area contributed by atoms with Crippen LogP contribution in [0.15, 0.2) is 70.5 Å². The lowest BCUT2D eigenvalue weighted by Gasteiger charge is -2.19. The van der Waals surface area contributed by atoms with Gasteiger partial charge < -0.3 is 9.67 Å². The molecule has 33 heavy (non-hydrogen) atoms. The molecule has 0 amide bonds. The zero-order valence-corrected chi connectivity index (χ0v) is 19.0. The van der Waals surface area contributed by atoms with Crippen molar-refractivity contribution in [2.24, 2.45) is 7.05 Å². The van der Waals surface area contributed by atoms with Crippen molar-refractivity contribution in [1.82, 2.24) is 29.5 Å². The first kappa shape index (κ1) is 21.2. The summed E-state index contributed by atoms with van der Waals surface area (Å²) >= 11 is 3.26. The van der Waals surface area contributed by atoms with Crippen molar-refractivity contribution < 1.29 is 9.50 Å². The molecule has 0 bridgehead atoms. The number of aliphatic hydroxyl groups excluding tert-OH is 1. The van der Waals surface area contributed by atoms with Crippen LogP contribution in [-0.4, -0.2) is 41.2 Å². The van der Waals surface area contributed by atoms with E-state index < -0.39 is 11.9 Å². The first-order valence-corrected chi connectivity index (χ1v) is 10.8. The molecule has 2 N–H and O–H groups in total. The molecule has 0 aliphatic heterocycles. The molecule has 1 aromatic carbocycles. The molecule has 0 aliphatic carbocycles. The Kier molecular flexibility index (Phi) is 5.39. The number of rotatable bonds is 5. The second-order valence-electron chi connectivity index (χ2n) is 7.66. The topological polar surface area (TPSA) is 102 Å². The third-order valence-corrected chi connectivity index (χ3v) is 5.91. The normalized spacial score (nSPS) is 12.4. The van der Waals surface area contributed by atoms with Crippen LogP contribution < -0.4 is 5.56 Å². The summed E-state index contributed by atoms with van der Waals surface area (Å²) in [5.74, 6) is -0.452. The van der Waals surface area contributed by atoms with E-state index in [2.05, 4.69) is 36.2 Å². The van der Waals surface area contributed by atoms with Gasteiger partial charge in [-0.3, -0.25) is 14.6 Å². The summed E-state index contributed by atoms with van der Waals surface area (Å²) in [4.78, 5) is 17.4. The average Bonchev–Trinajstić information content (AvgIpc) is 3.40. The van der Waals surface area contributed by atoms with Crippen LogP contribution in [0.4, 0.5) is 4.39 Å². The highest BCUT2D eigenvalue weighted by atomic mass is 79.9. The van der Waals surface area contributed by atoms with Gasteiger partial charge in [0, 0.05) is 52.7 Å². The van der Waals surface area contributed by atoms with Crippen LogP contribution in [0.3, 0.4) is 0 Å². The second-order valence-corrected chi connectivity index (χ2v) is 8.57. The Labute approximate surface area is 195 Å². The fraction of sp³-hybridized carbons (Fsp3) is 0.130. The van der Waals surface area contributed by atoms with Gasteiger partial charge in [-0.25, -0.2) is 9.37 Å². The van der Waals surface area contributed by atoms with Crippen LogP contribution >= 0.6 is 15.9 Å². The van der Waals surface area contributed by atoms with Crippen molar-refractivity contribution in [2.75, 3.05) is 6.61 Å². The zero-order valence-electron chi connectivity index (χ0n) is 17.4. The number of pyridine rings is 2. The number of aromatic nitrogens is 6. The Hall–Kier alpha value is -3.63. The lowest BCUT2D eigenvalue weighted by atomic mass is 10.0. The number of aromatic amines is 1. The van der Waals surface area contributed by atoms with E-state index in [9.17, 15) is 14.3 Å². The minimum Gasteiger partial charge on any atom is -0.394 e. The number of hydrogen-bond donors (Lipinski definition) is 2. The highest BCUT2D eigenvalue weighted by molar-refractivity contribution is 9.10. The number of fused-ring (bicyclic) bond motifs is 1. The molecule has 5 rings (SSSR count). The Morgan fingerprint density at radius 3 is 2.70 bits per heavy atom. The second kappa shape index (κ2) is 8.38. The molecule has 10 heteroatoms. The molecule has 4 heterocycles. The number of H-pyrrole nitrogens is 1. The molecule has 4 aromatic heterocycles. The SMILES string of the molecule is Cn1cc(-c2n[nH]c3ncc(-c4ccn([C@H](CO)c5cc(F)cc(Br)c5)c(=O)c4)cc23)cn1. The summed E-state index contributed by atoms with van der Waals surface area (Å²) in [7, 11) is 1.83. The van der Waals surface area contributed by atoms with Gasteiger partial charge in [-0.05, 0) is 41.5 Å². The first-order valence-electron chi connectivity index (χ1n) is 10.1. The minimum atomic E-state index is -0.717. The van der Waals surface area contributed by atoms with Crippen LogP contribution in [-0.2, 0) is 7.05 Å². The monoisotopic (exact) mass is 508 g/mol. The van der Waals surface area contributed by atoms with Gasteiger partial charge in [-0.15, -0.1) is 0 Å². The van der Waals surface area contributed by atoms with Gasteiger partial charge in [0.15, 0.2) is 5.65 Å². The van der Waals surface area contributed by atoms with E-state index in [-0.39, 0.29) is 12.2 Å². The van der Waals surface area contributed by atoms with Crippen molar-refractivity contribution >= 4 is 27.0 Å². The third-order valence-electron chi connectivity index (χ3n) is 5.45. The van der Waals surface area contributed by atoms with E-state index >= 15 is 0 Å². The molecular weight excluding hydrogens is 491 g/mol. The van der Waals surface area contributed by atoms with Gasteiger partial charge in [-0.2, -0.15) is 10.2 Å². The Bertz CT molecular complexity index is 1520. The molecule has 0 radical (unpaired) electrons. The highest BCUT2D eigenvalue weighted by Gasteiger charge is 2.17. The van der Waals surface area contributed by atoms with Gasteiger partial charge in [0.05, 0.1) is 18.8 Å². The zero-order chi connectivity index (χ0) is 23.1. The van der Waals surface area contributed by atoms with Crippen LogP contribution in [0.1, 0.15) is 11.6 Å². The lowest BCUT2D eigenvalue weighted by Crippen LogP contribution is -2.27. The van der Waals surface area contributed by atoms with E-state index in [0.717, 1.165) is 22.2 Å². The van der Waals surface area contributed by atoms with Crippen LogP contribution in [0, 0.1) is 5.82 Å². The predicted molar refractivity (Wildman–Crippen MR) is 125 cm³/mol. The Morgan fingerprint density at radius 1 is 1.15 bits per heavy atom. The summed E-state index contributed by atoms with van der Waals surface area (Å²) in [6, 6.07) is 8.76. The molecule has 0 saturated heterocycles. The van der Waals surface area contributed by atoms with Gasteiger partial charge in [-0.1, -0.05) is 15.9 Å². The predicted octanol–water partition coefficient (Wildman–Crippen LogP) is 3.67. The standard InChI is InChI=1S/C23H18BrFN6O2/c1-30-11-16(10-27-30)22-19-6-15(9-26-23(19)29-28-22)13-2-3-31(21(33)7-13)20(12-32)14-4-17(24)8-18(25)5-14/h2-11,20,32H,12H2,1H3,(H,26,28,29)/t20-/m1/s1. The molecule has 1 atom stereocenters. The van der Waals surface area contributed by atoms with Gasteiger partial charge >= 0.3 is 0 Å². The van der Waals surface area contributed by atoms with Crippen molar-refractivity contribution in [3.63, 3.8) is 0 Å². The number of nitrogens with zero attached hydrogens (tertiary/aromatic N) is 5. The summed E-state index contributed by atoms with van der Waals surface area (Å²) < 4.78 is 17.5. The number of aryl methyl sites for hydroxylation is 1. The molecule has 0 aliphatic rings. The van der Waals surface area contributed by atoms with Crippen LogP contribution in [0.5, 0.6) is 0 Å². The Balaban J connectivity index is 1.54. The fourth-order valence-corrected chi connectivity index (χ4v) is 4.36. The minimum absolute atomic E-state index is 0.327. The van der Waals surface area contributed by atoms with E-state index in [1.54, 1.807) is 35.4 Å². The molecular formula is C23H18BrFN6O2. The summed E-state index contributed by atoms with van der Waals surface area (Å²) in [6.45, 7) is -0.355. The fourth-order valence-electron chi connectivity index (χ4n) is 3.87. The van der Waals surface area contributed by atoms with E-state index in [1.165, 1.54) is 22.8 Å². The number of benzene rings is 1. The molecule has 5 aromatic rings. The molecule has 0 spiro atoms. The summed E-state index contributed by atoms with van der Waals surface area (Å²) in [6.07, 6.45) is 6.85. The molecule has 8 nitrogen and oxygen atoms in total. The number of aliphatic hydroxyl groups is 1. The molecule has 0 fully saturated rings. The summed E-state index contributed by atoms with van der Waals surface area (Å²) in [5, 5.41) is 22.2. The van der Waals surface area contributed by atoms with Crippen molar-refractivity contribution in [3.8, 4) is 22.4 Å². The molecule has 0 saturated carbocycles. The van der Waals surface area contributed by atoms with Gasteiger partial charge in [0.2, 0.25) is 0 Å². The van der Waals surface area contributed by atoms with Gasteiger partial charge in [0.1, 0.15) is 11.5 Å². The van der Waals surface area contributed by atoms with E-state index in [4.69, 9.17) is 0 Å². The maximum absolute atomic E-state index is 13.9. The van der Waals surface area contributed by atoms with E-state index in [1.807, 2.05) is 19.3 Å². The van der Waals surface area contributed by atoms with Crippen LogP contribution in [0.25, 0.3) is 33.4 Å². The largest absolute Gasteiger partial charge is 0.394 e. The average molecular weight is 509 g/mol.